The monoisotopic (exact) mass is 282 g/mol. The van der Waals surface area contributed by atoms with Crippen molar-refractivity contribution in [3.63, 3.8) is 0 Å². The number of benzene rings is 1. The highest BCUT2D eigenvalue weighted by atomic mass is 19.1. The first-order chi connectivity index (χ1) is 9.61. The molecule has 1 atom stereocenters. The fraction of sp³-hybridized carbons (Fsp3) is 0.500. The van der Waals surface area contributed by atoms with Gasteiger partial charge in [-0.2, -0.15) is 0 Å². The van der Waals surface area contributed by atoms with Crippen LogP contribution in [-0.4, -0.2) is 49.3 Å². The van der Waals surface area contributed by atoms with E-state index in [9.17, 15) is 14.3 Å². The Morgan fingerprint density at radius 2 is 2.20 bits per heavy atom. The standard InChI is InChI=1S/C14H19FN2O3/c1-20-14(19)13(17-5-2-3-16-4-6-17)10-7-11(15)9-12(18)8-10/h7-9,13,16,18H,2-6H2,1H3. The van der Waals surface area contributed by atoms with Crippen LogP contribution in [0.1, 0.15) is 18.0 Å². The summed E-state index contributed by atoms with van der Waals surface area (Å²) in [4.78, 5) is 14.0. The third-order valence-electron chi connectivity index (χ3n) is 3.38. The van der Waals surface area contributed by atoms with Crippen LogP contribution in [-0.2, 0) is 9.53 Å². The maximum atomic E-state index is 13.5. The van der Waals surface area contributed by atoms with Gasteiger partial charge in [-0.3, -0.25) is 4.90 Å². The Labute approximate surface area is 117 Å². The molecule has 1 unspecified atom stereocenters. The maximum Gasteiger partial charge on any atom is 0.327 e. The first-order valence-corrected chi connectivity index (χ1v) is 6.64. The van der Waals surface area contributed by atoms with E-state index in [0.717, 1.165) is 25.6 Å². The Balaban J connectivity index is 2.32. The molecule has 0 aromatic heterocycles. The molecule has 0 spiro atoms. The van der Waals surface area contributed by atoms with Crippen LogP contribution in [0.3, 0.4) is 0 Å². The predicted octanol–water partition coefficient (Wildman–Crippen LogP) is 1.04. The number of phenols is 1. The van der Waals surface area contributed by atoms with Crippen molar-refractivity contribution in [3.05, 3.63) is 29.6 Å². The maximum absolute atomic E-state index is 13.5. The summed E-state index contributed by atoms with van der Waals surface area (Å²) in [5.41, 5.74) is 0.413. The summed E-state index contributed by atoms with van der Waals surface area (Å²) in [6.07, 6.45) is 0.898. The summed E-state index contributed by atoms with van der Waals surface area (Å²) in [6.45, 7) is 3.02. The van der Waals surface area contributed by atoms with Gasteiger partial charge in [0.15, 0.2) is 0 Å². The van der Waals surface area contributed by atoms with Crippen molar-refractivity contribution in [1.82, 2.24) is 10.2 Å². The second-order valence-corrected chi connectivity index (χ2v) is 4.81. The van der Waals surface area contributed by atoms with E-state index in [-0.39, 0.29) is 5.75 Å². The van der Waals surface area contributed by atoms with Gasteiger partial charge in [-0.05, 0) is 30.7 Å². The molecule has 6 heteroatoms. The van der Waals surface area contributed by atoms with E-state index in [1.165, 1.54) is 19.2 Å². The van der Waals surface area contributed by atoms with Crippen molar-refractivity contribution in [2.24, 2.45) is 0 Å². The first kappa shape index (κ1) is 14.7. The second-order valence-electron chi connectivity index (χ2n) is 4.81. The predicted molar refractivity (Wildman–Crippen MR) is 71.9 cm³/mol. The number of halogens is 1. The molecule has 1 saturated heterocycles. The molecule has 110 valence electrons. The quantitative estimate of drug-likeness (QED) is 0.811. The highest BCUT2D eigenvalue weighted by Gasteiger charge is 2.29. The van der Waals surface area contributed by atoms with E-state index in [1.807, 2.05) is 4.90 Å². The zero-order valence-electron chi connectivity index (χ0n) is 11.4. The third kappa shape index (κ3) is 3.46. The number of phenolic OH excluding ortho intramolecular Hbond substituents is 1. The van der Waals surface area contributed by atoms with Gasteiger partial charge >= 0.3 is 5.97 Å². The molecule has 1 aliphatic rings. The van der Waals surface area contributed by atoms with Gasteiger partial charge in [0.05, 0.1) is 7.11 Å². The van der Waals surface area contributed by atoms with Crippen molar-refractivity contribution in [3.8, 4) is 5.75 Å². The molecule has 0 amide bonds. The Morgan fingerprint density at radius 1 is 1.40 bits per heavy atom. The van der Waals surface area contributed by atoms with Gasteiger partial charge in [0.25, 0.3) is 0 Å². The number of carbonyl (C=O) groups excluding carboxylic acids is 1. The molecule has 1 fully saturated rings. The summed E-state index contributed by atoms with van der Waals surface area (Å²) >= 11 is 0. The van der Waals surface area contributed by atoms with Gasteiger partial charge in [0.1, 0.15) is 17.6 Å². The van der Waals surface area contributed by atoms with Crippen LogP contribution >= 0.6 is 0 Å². The van der Waals surface area contributed by atoms with Crippen LogP contribution in [0.15, 0.2) is 18.2 Å². The molecular formula is C14H19FN2O3. The summed E-state index contributed by atoms with van der Waals surface area (Å²) in [5, 5.41) is 12.8. The SMILES string of the molecule is COC(=O)C(c1cc(O)cc(F)c1)N1CCCNCC1. The van der Waals surface area contributed by atoms with Gasteiger partial charge in [-0.25, -0.2) is 9.18 Å². The minimum atomic E-state index is -0.693. The average molecular weight is 282 g/mol. The number of nitrogens with one attached hydrogen (secondary N) is 1. The number of hydrogen-bond donors (Lipinski definition) is 2. The lowest BCUT2D eigenvalue weighted by atomic mass is 10.0. The van der Waals surface area contributed by atoms with Crippen LogP contribution < -0.4 is 5.32 Å². The molecule has 0 saturated carbocycles. The number of carbonyl (C=O) groups is 1. The number of rotatable bonds is 3. The average Bonchev–Trinajstić information content (AvgIpc) is 2.67. The van der Waals surface area contributed by atoms with Crippen LogP contribution in [0.2, 0.25) is 0 Å². The number of nitrogens with zero attached hydrogens (tertiary/aromatic N) is 1. The van der Waals surface area contributed by atoms with Gasteiger partial charge in [0.2, 0.25) is 0 Å². The third-order valence-corrected chi connectivity index (χ3v) is 3.38. The highest BCUT2D eigenvalue weighted by Crippen LogP contribution is 2.27. The van der Waals surface area contributed by atoms with Crippen molar-refractivity contribution in [2.45, 2.75) is 12.5 Å². The molecule has 1 aliphatic heterocycles. The van der Waals surface area contributed by atoms with Crippen molar-refractivity contribution in [1.29, 1.82) is 0 Å². The summed E-state index contributed by atoms with van der Waals surface area (Å²) in [6, 6.07) is 2.99. The van der Waals surface area contributed by atoms with Crippen LogP contribution in [0.25, 0.3) is 0 Å². The number of ether oxygens (including phenoxy) is 1. The molecule has 1 heterocycles. The van der Waals surface area contributed by atoms with Crippen LogP contribution in [0, 0.1) is 5.82 Å². The van der Waals surface area contributed by atoms with Crippen molar-refractivity contribution >= 4 is 5.97 Å². The molecule has 2 rings (SSSR count). The minimum absolute atomic E-state index is 0.193. The fourth-order valence-corrected chi connectivity index (χ4v) is 2.49. The van der Waals surface area contributed by atoms with Gasteiger partial charge in [0, 0.05) is 25.7 Å². The second kappa shape index (κ2) is 6.67. The molecule has 0 aliphatic carbocycles. The zero-order valence-corrected chi connectivity index (χ0v) is 11.4. The normalized spacial score (nSPS) is 18.3. The lowest BCUT2D eigenvalue weighted by Crippen LogP contribution is -2.37. The summed E-state index contributed by atoms with van der Waals surface area (Å²) < 4.78 is 18.3. The Hall–Kier alpha value is -1.66. The van der Waals surface area contributed by atoms with E-state index in [2.05, 4.69) is 5.32 Å². The van der Waals surface area contributed by atoms with Crippen LogP contribution in [0.4, 0.5) is 4.39 Å². The highest BCUT2D eigenvalue weighted by molar-refractivity contribution is 5.77. The molecule has 5 nitrogen and oxygen atoms in total. The topological polar surface area (TPSA) is 61.8 Å². The summed E-state index contributed by atoms with van der Waals surface area (Å²) in [5.74, 6) is -1.21. The smallest absolute Gasteiger partial charge is 0.327 e. The number of aromatic hydroxyl groups is 1. The lowest BCUT2D eigenvalue weighted by molar-refractivity contribution is -0.147. The van der Waals surface area contributed by atoms with E-state index in [1.54, 1.807) is 0 Å². The Kier molecular flexibility index (Phi) is 4.92. The van der Waals surface area contributed by atoms with Crippen molar-refractivity contribution in [2.75, 3.05) is 33.3 Å². The zero-order chi connectivity index (χ0) is 14.5. The number of hydrogen-bond acceptors (Lipinski definition) is 5. The summed E-state index contributed by atoms with van der Waals surface area (Å²) in [7, 11) is 1.31. The van der Waals surface area contributed by atoms with Crippen LogP contribution in [0.5, 0.6) is 5.75 Å². The number of esters is 1. The van der Waals surface area contributed by atoms with E-state index in [4.69, 9.17) is 4.74 Å². The van der Waals surface area contributed by atoms with Gasteiger partial charge in [-0.1, -0.05) is 0 Å². The largest absolute Gasteiger partial charge is 0.508 e. The van der Waals surface area contributed by atoms with E-state index >= 15 is 0 Å². The van der Waals surface area contributed by atoms with E-state index in [0.29, 0.717) is 18.7 Å². The Bertz CT molecular complexity index is 453. The molecule has 2 N–H and O–H groups in total. The van der Waals surface area contributed by atoms with E-state index < -0.39 is 17.8 Å². The van der Waals surface area contributed by atoms with Crippen molar-refractivity contribution < 1.29 is 19.0 Å². The lowest BCUT2D eigenvalue weighted by Gasteiger charge is -2.28. The molecule has 0 bridgehead atoms. The van der Waals surface area contributed by atoms with Gasteiger partial charge in [-0.15, -0.1) is 0 Å². The fourth-order valence-electron chi connectivity index (χ4n) is 2.49. The first-order valence-electron chi connectivity index (χ1n) is 6.64. The molecule has 1 aromatic carbocycles. The van der Waals surface area contributed by atoms with Gasteiger partial charge < -0.3 is 15.2 Å². The minimum Gasteiger partial charge on any atom is -0.508 e. The molecular weight excluding hydrogens is 263 g/mol. The molecule has 0 radical (unpaired) electrons. The molecule has 1 aromatic rings. The molecule has 20 heavy (non-hydrogen) atoms. The number of methoxy groups -OCH3 is 1. The Morgan fingerprint density at radius 3 is 2.90 bits per heavy atom.